The maximum Gasteiger partial charge on any atom is 2.00 e. The molecule has 0 aliphatic heterocycles. The molecular formula is C16H10BaCl4O6. The van der Waals surface area contributed by atoms with Gasteiger partial charge in [0, 0.05) is 10.0 Å². The minimum absolute atomic E-state index is 0. The Balaban J connectivity index is 0.000000483. The van der Waals surface area contributed by atoms with Gasteiger partial charge in [-0.3, -0.25) is 0 Å². The molecule has 0 N–H and O–H groups in total. The molecule has 0 heterocycles. The molecule has 0 unspecified atom stereocenters. The van der Waals surface area contributed by atoms with Gasteiger partial charge >= 0.3 is 48.9 Å². The standard InChI is InChI=1S/2C8H6Cl2O3.Ba/c2*9-5-1-2-7(6(10)3-5)13-4-8(11)12;/h2*1-3H,4H2,(H,11,12);/q;;+2/p-2. The molecule has 6 nitrogen and oxygen atoms in total. The van der Waals surface area contributed by atoms with Crippen LogP contribution in [-0.2, 0) is 9.59 Å². The molecule has 0 saturated carbocycles. The summed E-state index contributed by atoms with van der Waals surface area (Å²) >= 11 is 22.6. The monoisotopic (exact) mass is 576 g/mol. The summed E-state index contributed by atoms with van der Waals surface area (Å²) in [6.07, 6.45) is 0. The molecule has 0 atom stereocenters. The maximum atomic E-state index is 10.0. The van der Waals surface area contributed by atoms with Crippen LogP contribution in [0.15, 0.2) is 36.4 Å². The molecule has 0 fully saturated rings. The van der Waals surface area contributed by atoms with E-state index in [4.69, 9.17) is 55.9 Å². The van der Waals surface area contributed by atoms with E-state index in [0.29, 0.717) is 10.0 Å². The summed E-state index contributed by atoms with van der Waals surface area (Å²) in [7, 11) is 0. The van der Waals surface area contributed by atoms with Crippen molar-refractivity contribution in [1.82, 2.24) is 0 Å². The van der Waals surface area contributed by atoms with Gasteiger partial charge < -0.3 is 29.3 Å². The van der Waals surface area contributed by atoms with Crippen LogP contribution in [0.25, 0.3) is 0 Å². The first-order chi connectivity index (χ1) is 12.2. The first kappa shape index (κ1) is 26.7. The second-order valence-electron chi connectivity index (χ2n) is 4.47. The van der Waals surface area contributed by atoms with Crippen molar-refractivity contribution in [3.8, 4) is 11.5 Å². The van der Waals surface area contributed by atoms with Crippen molar-refractivity contribution in [3.63, 3.8) is 0 Å². The van der Waals surface area contributed by atoms with Gasteiger partial charge in [0.15, 0.2) is 0 Å². The van der Waals surface area contributed by atoms with Gasteiger partial charge in [-0.2, -0.15) is 0 Å². The topological polar surface area (TPSA) is 98.7 Å². The third-order valence-electron chi connectivity index (χ3n) is 2.48. The predicted molar refractivity (Wildman–Crippen MR) is 99.7 cm³/mol. The minimum atomic E-state index is -1.30. The van der Waals surface area contributed by atoms with Crippen molar-refractivity contribution >= 4 is 107 Å². The number of hydrogen-bond donors (Lipinski definition) is 0. The average molecular weight is 577 g/mol. The normalized spacial score (nSPS) is 9.33. The number of halogens is 4. The smallest absolute Gasteiger partial charge is 0.546 e. The zero-order valence-corrected chi connectivity index (χ0v) is 21.0. The van der Waals surface area contributed by atoms with Crippen LogP contribution in [0, 0.1) is 0 Å². The van der Waals surface area contributed by atoms with E-state index in [-0.39, 0.29) is 70.4 Å². The maximum absolute atomic E-state index is 10.0. The van der Waals surface area contributed by atoms with Crippen molar-refractivity contribution in [2.45, 2.75) is 0 Å². The van der Waals surface area contributed by atoms with E-state index in [0.717, 1.165) is 0 Å². The largest absolute Gasteiger partial charge is 2.00 e. The van der Waals surface area contributed by atoms with Crippen LogP contribution in [0.5, 0.6) is 11.5 Å². The predicted octanol–water partition coefficient (Wildman–Crippen LogP) is 1.86. The van der Waals surface area contributed by atoms with Gasteiger partial charge in [-0.25, -0.2) is 0 Å². The van der Waals surface area contributed by atoms with Gasteiger partial charge in [-0.15, -0.1) is 0 Å². The summed E-state index contributed by atoms with van der Waals surface area (Å²) in [6.45, 7) is -1.05. The Morgan fingerprint density at radius 1 is 0.741 bits per heavy atom. The number of benzene rings is 2. The third kappa shape index (κ3) is 11.3. The number of rotatable bonds is 6. The molecule has 140 valence electrons. The number of ether oxygens (including phenoxy) is 2. The Hall–Kier alpha value is -0.289. The number of carbonyl (C=O) groups excluding carboxylic acids is 2. The summed E-state index contributed by atoms with van der Waals surface area (Å²) in [5.74, 6) is -2.05. The van der Waals surface area contributed by atoms with E-state index >= 15 is 0 Å². The summed E-state index contributed by atoms with van der Waals surface area (Å²) < 4.78 is 9.60. The second-order valence-corrected chi connectivity index (χ2v) is 6.16. The average Bonchev–Trinajstić information content (AvgIpc) is 2.53. The Kier molecular flexibility index (Phi) is 13.7. The molecule has 27 heavy (non-hydrogen) atoms. The Morgan fingerprint density at radius 3 is 1.33 bits per heavy atom. The van der Waals surface area contributed by atoms with Crippen molar-refractivity contribution in [2.75, 3.05) is 13.2 Å². The Labute approximate surface area is 215 Å². The van der Waals surface area contributed by atoms with Gasteiger partial charge in [0.25, 0.3) is 0 Å². The van der Waals surface area contributed by atoms with Crippen LogP contribution in [0.2, 0.25) is 20.1 Å². The number of carboxylic acid groups (broad SMARTS) is 2. The van der Waals surface area contributed by atoms with E-state index in [1.165, 1.54) is 24.3 Å². The fourth-order valence-electron chi connectivity index (χ4n) is 1.46. The summed E-state index contributed by atoms with van der Waals surface area (Å²) in [6, 6.07) is 9.03. The van der Waals surface area contributed by atoms with Gasteiger partial charge in [0.2, 0.25) is 0 Å². The van der Waals surface area contributed by atoms with Crippen LogP contribution >= 0.6 is 46.4 Å². The second kappa shape index (κ2) is 13.8. The van der Waals surface area contributed by atoms with Crippen LogP contribution < -0.4 is 19.7 Å². The molecular weight excluding hydrogens is 567 g/mol. The Morgan fingerprint density at radius 2 is 1.07 bits per heavy atom. The molecule has 2 aromatic carbocycles. The molecule has 0 amide bonds. The molecule has 2 rings (SSSR count). The summed E-state index contributed by atoms with van der Waals surface area (Å²) in [5, 5.41) is 21.6. The molecule has 0 aromatic heterocycles. The van der Waals surface area contributed by atoms with Crippen LogP contribution in [0.1, 0.15) is 0 Å². The van der Waals surface area contributed by atoms with E-state index < -0.39 is 25.2 Å². The molecule has 0 aliphatic carbocycles. The molecule has 0 radical (unpaired) electrons. The molecule has 0 aliphatic rings. The van der Waals surface area contributed by atoms with Crippen LogP contribution in [0.3, 0.4) is 0 Å². The van der Waals surface area contributed by atoms with Crippen molar-refractivity contribution < 1.29 is 29.3 Å². The molecule has 0 spiro atoms. The first-order valence-corrected chi connectivity index (χ1v) is 8.25. The summed E-state index contributed by atoms with van der Waals surface area (Å²) in [5.41, 5.74) is 0. The van der Waals surface area contributed by atoms with E-state index in [1.807, 2.05) is 0 Å². The zero-order valence-electron chi connectivity index (χ0n) is 13.5. The fourth-order valence-corrected chi connectivity index (χ4v) is 2.38. The van der Waals surface area contributed by atoms with E-state index in [1.54, 1.807) is 12.1 Å². The third-order valence-corrected chi connectivity index (χ3v) is 3.54. The number of carboxylic acids is 2. The van der Waals surface area contributed by atoms with Crippen molar-refractivity contribution in [2.24, 2.45) is 0 Å². The SMILES string of the molecule is O=C([O-])COc1ccc(Cl)cc1Cl.O=C([O-])COc1ccc(Cl)cc1Cl.[Ba+2]. The summed E-state index contributed by atoms with van der Waals surface area (Å²) in [4.78, 5) is 20.1. The van der Waals surface area contributed by atoms with Crippen LogP contribution in [-0.4, -0.2) is 74.0 Å². The van der Waals surface area contributed by atoms with Crippen molar-refractivity contribution in [1.29, 1.82) is 0 Å². The first-order valence-electron chi connectivity index (χ1n) is 6.74. The number of hydrogen-bond acceptors (Lipinski definition) is 6. The molecule has 0 bridgehead atoms. The zero-order chi connectivity index (χ0) is 19.7. The quantitative estimate of drug-likeness (QED) is 0.487. The van der Waals surface area contributed by atoms with E-state index in [9.17, 15) is 19.8 Å². The Bertz CT molecular complexity index is 722. The molecule has 2 aromatic rings. The van der Waals surface area contributed by atoms with Gasteiger partial charge in [0.05, 0.1) is 22.0 Å². The van der Waals surface area contributed by atoms with Gasteiger partial charge in [-0.1, -0.05) is 46.4 Å². The number of aliphatic carboxylic acids is 2. The molecule has 0 saturated heterocycles. The van der Waals surface area contributed by atoms with Gasteiger partial charge in [0.1, 0.15) is 24.7 Å². The fraction of sp³-hybridized carbons (Fsp3) is 0.125. The van der Waals surface area contributed by atoms with Crippen LogP contribution in [0.4, 0.5) is 0 Å². The minimum Gasteiger partial charge on any atom is -0.546 e. The number of carbonyl (C=O) groups is 2. The van der Waals surface area contributed by atoms with E-state index in [2.05, 4.69) is 0 Å². The molecule has 11 heteroatoms. The van der Waals surface area contributed by atoms with Gasteiger partial charge in [-0.05, 0) is 36.4 Å². The van der Waals surface area contributed by atoms with Crippen molar-refractivity contribution in [3.05, 3.63) is 56.5 Å².